The third-order valence-corrected chi connectivity index (χ3v) is 7.99. The summed E-state index contributed by atoms with van der Waals surface area (Å²) in [5, 5.41) is 1.66. The molecule has 0 aromatic heterocycles. The molecule has 0 saturated carbocycles. The Morgan fingerprint density at radius 2 is 1.04 bits per heavy atom. The lowest BCUT2D eigenvalue weighted by Gasteiger charge is -2.22. The van der Waals surface area contributed by atoms with Crippen LogP contribution in [0.2, 0.25) is 0 Å². The third kappa shape index (κ3) is 14.4. The fourth-order valence-electron chi connectivity index (χ4n) is 5.05. The van der Waals surface area contributed by atoms with E-state index >= 15 is 0 Å². The van der Waals surface area contributed by atoms with Crippen LogP contribution in [0.4, 0.5) is 0 Å². The van der Waals surface area contributed by atoms with Crippen molar-refractivity contribution in [2.75, 3.05) is 39.6 Å². The molecule has 0 fully saturated rings. The molecule has 0 radical (unpaired) electrons. The maximum absolute atomic E-state index is 12.0. The number of benzene rings is 2. The molecule has 8 nitrogen and oxygen atoms in total. The number of carbonyl (C=O) groups is 2. The molecule has 0 spiro atoms. The second-order valence-corrected chi connectivity index (χ2v) is 11.7. The van der Waals surface area contributed by atoms with Crippen LogP contribution in [0.25, 0.3) is 10.8 Å². The number of carbonyl (C=O) groups excluding carboxylic acids is 2. The highest BCUT2D eigenvalue weighted by Crippen LogP contribution is 2.33. The average Bonchev–Trinajstić information content (AvgIpc) is 3.08. The van der Waals surface area contributed by atoms with Crippen LogP contribution >= 0.6 is 0 Å². The molecule has 0 amide bonds. The van der Waals surface area contributed by atoms with E-state index in [1.807, 2.05) is 36.4 Å². The number of esters is 2. The van der Waals surface area contributed by atoms with Gasteiger partial charge in [-0.15, -0.1) is 0 Å². The molecule has 0 heterocycles. The van der Waals surface area contributed by atoms with Gasteiger partial charge in [-0.05, 0) is 36.8 Å². The molecule has 2 aromatic rings. The first-order chi connectivity index (χ1) is 22.4. The van der Waals surface area contributed by atoms with Crippen LogP contribution in [0.5, 0.6) is 11.5 Å². The summed E-state index contributed by atoms with van der Waals surface area (Å²) in [7, 11) is 0. The molecule has 0 N–H and O–H groups in total. The molecule has 4 unspecified atom stereocenters. The zero-order valence-electron chi connectivity index (χ0n) is 28.5. The van der Waals surface area contributed by atoms with Gasteiger partial charge >= 0.3 is 11.9 Å². The van der Waals surface area contributed by atoms with Crippen molar-refractivity contribution in [2.45, 2.75) is 91.3 Å². The number of hydrogen-bond acceptors (Lipinski definition) is 8. The Labute approximate surface area is 276 Å². The Hall–Kier alpha value is -3.36. The lowest BCUT2D eigenvalue weighted by molar-refractivity contribution is -0.149. The first-order valence-corrected chi connectivity index (χ1v) is 17.0. The van der Waals surface area contributed by atoms with Gasteiger partial charge in [0.05, 0.1) is 13.2 Å². The SMILES string of the molecule is C=CC(=O)OC(COCC(CC)CCCC)COc1ccc(OCC(COCC(CC)CCCC)OC(=O)C=C)c2ccccc12. The minimum Gasteiger partial charge on any atom is -0.489 e. The van der Waals surface area contributed by atoms with Gasteiger partial charge in [-0.2, -0.15) is 0 Å². The van der Waals surface area contributed by atoms with Crippen molar-refractivity contribution >= 4 is 22.7 Å². The minimum atomic E-state index is -0.599. The van der Waals surface area contributed by atoms with Crippen LogP contribution < -0.4 is 9.47 Å². The molecule has 2 aromatic carbocycles. The zero-order valence-corrected chi connectivity index (χ0v) is 28.5. The fraction of sp³-hybridized carbons (Fsp3) is 0.579. The maximum Gasteiger partial charge on any atom is 0.330 e. The fourth-order valence-corrected chi connectivity index (χ4v) is 5.05. The molecular formula is C38H56O8. The summed E-state index contributed by atoms with van der Waals surface area (Å²) in [5.74, 6) is 1.13. The van der Waals surface area contributed by atoms with Crippen LogP contribution in [0.3, 0.4) is 0 Å². The first kappa shape index (κ1) is 38.8. The van der Waals surface area contributed by atoms with Gasteiger partial charge in [-0.1, -0.05) is 104 Å². The summed E-state index contributed by atoms with van der Waals surface area (Å²) >= 11 is 0. The van der Waals surface area contributed by atoms with Crippen LogP contribution in [0.1, 0.15) is 79.1 Å². The van der Waals surface area contributed by atoms with Gasteiger partial charge in [0.2, 0.25) is 0 Å². The second kappa shape index (κ2) is 23.0. The molecule has 0 aliphatic rings. The Balaban J connectivity index is 2.09. The van der Waals surface area contributed by atoms with E-state index in [0.717, 1.165) is 61.4 Å². The van der Waals surface area contributed by atoms with Gasteiger partial charge in [0, 0.05) is 36.1 Å². The topological polar surface area (TPSA) is 89.5 Å². The summed E-state index contributed by atoms with van der Waals surface area (Å²) in [6.07, 6.45) is 10.0. The minimum absolute atomic E-state index is 0.115. The van der Waals surface area contributed by atoms with Crippen molar-refractivity contribution in [3.63, 3.8) is 0 Å². The largest absolute Gasteiger partial charge is 0.489 e. The predicted molar refractivity (Wildman–Crippen MR) is 183 cm³/mol. The van der Waals surface area contributed by atoms with Crippen LogP contribution in [-0.4, -0.2) is 63.8 Å². The molecule has 2 rings (SSSR count). The summed E-state index contributed by atoms with van der Waals surface area (Å²) in [6, 6.07) is 11.4. The standard InChI is InChI=1S/C38H56O8/c1-7-13-17-29(9-3)23-41-25-31(45-37(39)11-5)27-43-35-21-22-36(34-20-16-15-19-33(34)35)44-28-32(46-38(40)12-6)26-42-24-30(10-4)18-14-8-2/h11-12,15-16,19-22,29-32H,5-10,13-14,17-18,23-28H2,1-4H3. The van der Waals surface area contributed by atoms with Crippen molar-refractivity contribution in [2.24, 2.45) is 11.8 Å². The Morgan fingerprint density at radius 1 is 0.630 bits per heavy atom. The van der Waals surface area contributed by atoms with Gasteiger partial charge in [0.1, 0.15) is 24.7 Å². The highest BCUT2D eigenvalue weighted by molar-refractivity contribution is 5.93. The van der Waals surface area contributed by atoms with Gasteiger partial charge in [0.25, 0.3) is 0 Å². The quantitative estimate of drug-likeness (QED) is 0.0750. The Morgan fingerprint density at radius 3 is 1.39 bits per heavy atom. The smallest absolute Gasteiger partial charge is 0.330 e. The molecule has 0 aliphatic heterocycles. The second-order valence-electron chi connectivity index (χ2n) is 11.7. The Bertz CT molecular complexity index is 1090. The van der Waals surface area contributed by atoms with Crippen molar-refractivity contribution in [3.8, 4) is 11.5 Å². The molecular weight excluding hydrogens is 584 g/mol. The maximum atomic E-state index is 12.0. The van der Waals surface area contributed by atoms with E-state index in [1.165, 1.54) is 12.8 Å². The van der Waals surface area contributed by atoms with Gasteiger partial charge in [-0.3, -0.25) is 0 Å². The highest BCUT2D eigenvalue weighted by Gasteiger charge is 2.19. The molecule has 0 bridgehead atoms. The molecule has 4 atom stereocenters. The van der Waals surface area contributed by atoms with E-state index < -0.39 is 24.1 Å². The predicted octanol–water partition coefficient (Wildman–Crippen LogP) is 8.26. The summed E-state index contributed by atoms with van der Waals surface area (Å²) in [6.45, 7) is 17.6. The molecule has 256 valence electrons. The van der Waals surface area contributed by atoms with Gasteiger partial charge < -0.3 is 28.4 Å². The lowest BCUT2D eigenvalue weighted by Crippen LogP contribution is -2.30. The normalized spacial score (nSPS) is 13.7. The summed E-state index contributed by atoms with van der Waals surface area (Å²) in [4.78, 5) is 24.1. The van der Waals surface area contributed by atoms with E-state index in [4.69, 9.17) is 28.4 Å². The third-order valence-electron chi connectivity index (χ3n) is 7.99. The summed E-state index contributed by atoms with van der Waals surface area (Å²) in [5.41, 5.74) is 0. The number of fused-ring (bicyclic) bond motifs is 1. The van der Waals surface area contributed by atoms with E-state index in [2.05, 4.69) is 40.9 Å². The molecule has 8 heteroatoms. The average molecular weight is 641 g/mol. The van der Waals surface area contributed by atoms with Crippen LogP contribution in [0.15, 0.2) is 61.7 Å². The van der Waals surface area contributed by atoms with Crippen molar-refractivity contribution < 1.29 is 38.0 Å². The van der Waals surface area contributed by atoms with E-state index in [0.29, 0.717) is 36.5 Å². The number of unbranched alkanes of at least 4 members (excludes halogenated alkanes) is 2. The van der Waals surface area contributed by atoms with Crippen molar-refractivity contribution in [1.29, 1.82) is 0 Å². The number of ether oxygens (including phenoxy) is 6. The monoisotopic (exact) mass is 640 g/mol. The van der Waals surface area contributed by atoms with Crippen molar-refractivity contribution in [1.82, 2.24) is 0 Å². The highest BCUT2D eigenvalue weighted by atomic mass is 16.6. The van der Waals surface area contributed by atoms with Gasteiger partial charge in [0.15, 0.2) is 12.2 Å². The first-order valence-electron chi connectivity index (χ1n) is 17.0. The number of rotatable bonds is 26. The van der Waals surface area contributed by atoms with Crippen LogP contribution in [-0.2, 0) is 28.5 Å². The van der Waals surface area contributed by atoms with E-state index in [1.54, 1.807) is 0 Å². The van der Waals surface area contributed by atoms with Crippen LogP contribution in [0, 0.1) is 11.8 Å². The zero-order chi connectivity index (χ0) is 33.6. The molecule has 0 saturated heterocycles. The molecule has 0 aliphatic carbocycles. The van der Waals surface area contributed by atoms with Crippen molar-refractivity contribution in [3.05, 3.63) is 61.7 Å². The lowest BCUT2D eigenvalue weighted by atomic mass is 10.0. The van der Waals surface area contributed by atoms with E-state index in [-0.39, 0.29) is 26.4 Å². The number of hydrogen-bond donors (Lipinski definition) is 0. The van der Waals surface area contributed by atoms with Gasteiger partial charge in [-0.25, -0.2) is 9.59 Å². The summed E-state index contributed by atoms with van der Waals surface area (Å²) < 4.78 is 35.4. The molecule has 46 heavy (non-hydrogen) atoms. The van der Waals surface area contributed by atoms with E-state index in [9.17, 15) is 9.59 Å². The Kier molecular flexibility index (Phi) is 19.4.